The van der Waals surface area contributed by atoms with Crippen LogP contribution >= 0.6 is 11.6 Å². The predicted molar refractivity (Wildman–Crippen MR) is 136 cm³/mol. The molecule has 4 rings (SSSR count). The van der Waals surface area contributed by atoms with Gasteiger partial charge in [-0.05, 0) is 41.5 Å². The first-order valence-corrected chi connectivity index (χ1v) is 11.2. The van der Waals surface area contributed by atoms with Gasteiger partial charge in [0, 0.05) is 23.5 Å². The van der Waals surface area contributed by atoms with Crippen LogP contribution in [0.1, 0.15) is 33.1 Å². The molecule has 0 saturated carbocycles. The molecule has 1 aromatic heterocycles. The van der Waals surface area contributed by atoms with E-state index in [2.05, 4.69) is 15.6 Å². The van der Waals surface area contributed by atoms with Gasteiger partial charge in [0.1, 0.15) is 6.61 Å². The summed E-state index contributed by atoms with van der Waals surface area (Å²) in [5.41, 5.74) is 9.64. The van der Waals surface area contributed by atoms with Crippen LogP contribution < -0.4 is 16.4 Å². The summed E-state index contributed by atoms with van der Waals surface area (Å²) in [7, 11) is 0. The first-order valence-electron chi connectivity index (χ1n) is 10.8. The molecule has 4 N–H and O–H groups in total. The van der Waals surface area contributed by atoms with Crippen molar-refractivity contribution in [2.24, 2.45) is 0 Å². The Hall–Kier alpha value is -4.36. The fourth-order valence-corrected chi connectivity index (χ4v) is 3.62. The lowest BCUT2D eigenvalue weighted by Crippen LogP contribution is -2.30. The average molecular weight is 487 g/mol. The molecule has 0 aliphatic rings. The van der Waals surface area contributed by atoms with E-state index >= 15 is 0 Å². The highest BCUT2D eigenvalue weighted by atomic mass is 35.5. The average Bonchev–Trinajstić information content (AvgIpc) is 2.89. The number of benzene rings is 3. The van der Waals surface area contributed by atoms with Crippen LogP contribution in [0.15, 0.2) is 97.3 Å². The number of nitrogen functional groups attached to an aromatic ring is 1. The lowest BCUT2D eigenvalue weighted by atomic mass is 9.97. The largest absolute Gasteiger partial charge is 0.445 e. The SMILES string of the molecule is Nc1ccccc1NC(=O)c1ccc([C@@H](NC(=O)OCc2cnccc2Cl)c2ccccc2)cc1. The van der Waals surface area contributed by atoms with E-state index in [4.69, 9.17) is 22.1 Å². The first kappa shape index (κ1) is 23.8. The number of pyridine rings is 1. The van der Waals surface area contributed by atoms with Crippen LogP contribution in [0.2, 0.25) is 5.02 Å². The van der Waals surface area contributed by atoms with Crippen molar-refractivity contribution >= 4 is 35.0 Å². The number of aromatic nitrogens is 1. The van der Waals surface area contributed by atoms with Gasteiger partial charge in [-0.3, -0.25) is 9.78 Å². The van der Waals surface area contributed by atoms with Crippen molar-refractivity contribution in [2.45, 2.75) is 12.6 Å². The molecule has 3 aromatic carbocycles. The molecule has 0 unspecified atom stereocenters. The third-order valence-electron chi connectivity index (χ3n) is 5.31. The fourth-order valence-electron chi connectivity index (χ4n) is 3.46. The van der Waals surface area contributed by atoms with Gasteiger partial charge in [0.15, 0.2) is 0 Å². The number of carbonyl (C=O) groups excluding carboxylic acids is 2. The Bertz CT molecular complexity index is 1310. The van der Waals surface area contributed by atoms with Gasteiger partial charge in [-0.2, -0.15) is 0 Å². The van der Waals surface area contributed by atoms with Crippen LogP contribution in [0.5, 0.6) is 0 Å². The van der Waals surface area contributed by atoms with Crippen molar-refractivity contribution in [2.75, 3.05) is 11.1 Å². The smallest absolute Gasteiger partial charge is 0.408 e. The fraction of sp³-hybridized carbons (Fsp3) is 0.0741. The molecule has 0 aliphatic carbocycles. The molecule has 8 heteroatoms. The van der Waals surface area contributed by atoms with Gasteiger partial charge in [-0.15, -0.1) is 0 Å². The highest BCUT2D eigenvalue weighted by Crippen LogP contribution is 2.24. The number of nitrogens with zero attached hydrogens (tertiary/aromatic N) is 1. The zero-order valence-electron chi connectivity index (χ0n) is 18.6. The summed E-state index contributed by atoms with van der Waals surface area (Å²) in [5.74, 6) is -0.286. The predicted octanol–water partition coefficient (Wildman–Crippen LogP) is 5.59. The van der Waals surface area contributed by atoms with Gasteiger partial charge in [-0.1, -0.05) is 66.2 Å². The molecule has 7 nitrogen and oxygen atoms in total. The van der Waals surface area contributed by atoms with Gasteiger partial charge in [-0.25, -0.2) is 4.79 Å². The van der Waals surface area contributed by atoms with E-state index in [-0.39, 0.29) is 12.5 Å². The number of ether oxygens (including phenoxy) is 1. The minimum Gasteiger partial charge on any atom is -0.445 e. The second-order valence-electron chi connectivity index (χ2n) is 7.69. The molecule has 0 bridgehead atoms. The van der Waals surface area contributed by atoms with Crippen molar-refractivity contribution in [3.63, 3.8) is 0 Å². The number of halogens is 1. The molecule has 176 valence electrons. The number of hydrogen-bond acceptors (Lipinski definition) is 5. The normalized spacial score (nSPS) is 11.3. The Morgan fingerprint density at radius 3 is 2.31 bits per heavy atom. The highest BCUT2D eigenvalue weighted by Gasteiger charge is 2.19. The van der Waals surface area contributed by atoms with E-state index < -0.39 is 12.1 Å². The summed E-state index contributed by atoms with van der Waals surface area (Å²) in [6.45, 7) is -0.0122. The summed E-state index contributed by atoms with van der Waals surface area (Å²) in [6, 6.07) is 24.6. The van der Waals surface area contributed by atoms with Gasteiger partial charge >= 0.3 is 6.09 Å². The van der Waals surface area contributed by atoms with E-state index in [9.17, 15) is 9.59 Å². The van der Waals surface area contributed by atoms with Crippen molar-refractivity contribution in [3.8, 4) is 0 Å². The van der Waals surface area contributed by atoms with Crippen LogP contribution in [0.4, 0.5) is 16.2 Å². The van der Waals surface area contributed by atoms with E-state index in [1.165, 1.54) is 0 Å². The molecule has 0 spiro atoms. The molecule has 0 aliphatic heterocycles. The van der Waals surface area contributed by atoms with Gasteiger partial charge in [0.25, 0.3) is 5.91 Å². The van der Waals surface area contributed by atoms with Gasteiger partial charge in [0.2, 0.25) is 0 Å². The molecule has 0 fully saturated rings. The van der Waals surface area contributed by atoms with Gasteiger partial charge in [0.05, 0.1) is 22.4 Å². The monoisotopic (exact) mass is 486 g/mol. The molecule has 1 atom stereocenters. The van der Waals surface area contributed by atoms with E-state index in [1.54, 1.807) is 67.0 Å². The lowest BCUT2D eigenvalue weighted by molar-refractivity contribution is 0.102. The Kier molecular flexibility index (Phi) is 7.60. The Labute approximate surface area is 207 Å². The second kappa shape index (κ2) is 11.2. The summed E-state index contributed by atoms with van der Waals surface area (Å²) >= 11 is 6.11. The molecule has 1 heterocycles. The number of para-hydroxylation sites is 2. The van der Waals surface area contributed by atoms with E-state index in [0.717, 1.165) is 11.1 Å². The van der Waals surface area contributed by atoms with Gasteiger partial charge < -0.3 is 21.1 Å². The molecular formula is C27H23ClN4O3. The van der Waals surface area contributed by atoms with E-state index in [1.807, 2.05) is 30.3 Å². The van der Waals surface area contributed by atoms with Crippen LogP contribution in [0, 0.1) is 0 Å². The van der Waals surface area contributed by atoms with Crippen LogP contribution in [0.3, 0.4) is 0 Å². The van der Waals surface area contributed by atoms with E-state index in [0.29, 0.717) is 27.5 Å². The summed E-state index contributed by atoms with van der Waals surface area (Å²) in [4.78, 5) is 29.3. The first-order chi connectivity index (χ1) is 17.0. The topological polar surface area (TPSA) is 106 Å². The number of amides is 2. The maximum atomic E-state index is 12.7. The molecule has 0 radical (unpaired) electrons. The number of alkyl carbamates (subject to hydrolysis) is 1. The quantitative estimate of drug-likeness (QED) is 0.295. The number of hydrogen-bond donors (Lipinski definition) is 3. The highest BCUT2D eigenvalue weighted by molar-refractivity contribution is 6.31. The molecular weight excluding hydrogens is 464 g/mol. The number of rotatable bonds is 7. The second-order valence-corrected chi connectivity index (χ2v) is 8.10. The Morgan fingerprint density at radius 1 is 0.914 bits per heavy atom. The molecule has 0 saturated heterocycles. The van der Waals surface area contributed by atoms with Crippen molar-refractivity contribution in [3.05, 3.63) is 125 Å². The minimum atomic E-state index is -0.611. The standard InChI is InChI=1S/C27H23ClN4O3/c28-22-14-15-30-16-21(22)17-35-27(34)32-25(18-6-2-1-3-7-18)19-10-12-20(13-11-19)26(33)31-24-9-5-4-8-23(24)29/h1-16,25H,17,29H2,(H,31,33)(H,32,34)/t25-/m0/s1. The number of nitrogens with two attached hydrogens (primary N) is 1. The third-order valence-corrected chi connectivity index (χ3v) is 5.68. The third kappa shape index (κ3) is 6.16. The maximum absolute atomic E-state index is 12.7. The zero-order chi connectivity index (χ0) is 24.6. The number of nitrogens with one attached hydrogen (secondary N) is 2. The molecule has 35 heavy (non-hydrogen) atoms. The van der Waals surface area contributed by atoms with Crippen LogP contribution in [-0.4, -0.2) is 17.0 Å². The zero-order valence-corrected chi connectivity index (χ0v) is 19.4. The lowest BCUT2D eigenvalue weighted by Gasteiger charge is -2.20. The number of anilines is 2. The summed E-state index contributed by atoms with van der Waals surface area (Å²) < 4.78 is 5.37. The van der Waals surface area contributed by atoms with Crippen LogP contribution in [-0.2, 0) is 11.3 Å². The Balaban J connectivity index is 1.49. The van der Waals surface area contributed by atoms with Crippen molar-refractivity contribution < 1.29 is 14.3 Å². The summed E-state index contributed by atoms with van der Waals surface area (Å²) in [6.07, 6.45) is 2.51. The minimum absolute atomic E-state index is 0.0122. The van der Waals surface area contributed by atoms with Crippen molar-refractivity contribution in [1.82, 2.24) is 10.3 Å². The number of carbonyl (C=O) groups is 2. The molecule has 2 amide bonds. The van der Waals surface area contributed by atoms with Crippen LogP contribution in [0.25, 0.3) is 0 Å². The Morgan fingerprint density at radius 2 is 1.60 bits per heavy atom. The summed E-state index contributed by atoms with van der Waals surface area (Å²) in [5, 5.41) is 6.17. The maximum Gasteiger partial charge on any atom is 0.408 e. The molecule has 4 aromatic rings. The van der Waals surface area contributed by atoms with Crippen molar-refractivity contribution in [1.29, 1.82) is 0 Å².